The van der Waals surface area contributed by atoms with Crippen LogP contribution in [0.1, 0.15) is 387 Å². The Labute approximate surface area is 641 Å². The molecule has 0 spiro atoms. The second kappa shape index (κ2) is 80.6. The van der Waals surface area contributed by atoms with Crippen molar-refractivity contribution in [2.24, 2.45) is 0 Å². The zero-order valence-corrected chi connectivity index (χ0v) is 68.8. The fourth-order valence-corrected chi connectivity index (χ4v) is 13.4. The van der Waals surface area contributed by atoms with Gasteiger partial charge in [-0.15, -0.1) is 0 Å². The van der Waals surface area contributed by atoms with E-state index < -0.39 is 48.0 Å². The molecule has 0 aliphatic heterocycles. The van der Waals surface area contributed by atoms with Crippen LogP contribution in [-0.4, -0.2) is 169 Å². The van der Waals surface area contributed by atoms with E-state index in [1.807, 2.05) is 11.9 Å². The Kier molecular flexibility index (Phi) is 77.9. The fraction of sp³-hybridized carbons (Fsp3) is 0.865. The van der Waals surface area contributed by atoms with Gasteiger partial charge in [0, 0.05) is 78.5 Å². The molecule has 8 N–H and O–H groups in total. The van der Waals surface area contributed by atoms with Crippen molar-refractivity contribution in [3.05, 3.63) is 48.6 Å². The number of carbonyl (C=O) groups excluding carboxylic acids is 4. The molecule has 0 aromatic heterocycles. The van der Waals surface area contributed by atoms with Crippen LogP contribution in [0.5, 0.6) is 0 Å². The lowest BCUT2D eigenvalue weighted by molar-refractivity contribution is -0.133. The Morgan fingerprint density at radius 3 is 0.567 bits per heavy atom. The van der Waals surface area contributed by atoms with Crippen LogP contribution < -0.4 is 21.3 Å². The van der Waals surface area contributed by atoms with Crippen molar-refractivity contribution >= 4 is 23.6 Å². The number of rotatable bonds is 82. The van der Waals surface area contributed by atoms with Gasteiger partial charge in [-0.2, -0.15) is 0 Å². The molecule has 15 nitrogen and oxygen atoms in total. The van der Waals surface area contributed by atoms with Crippen LogP contribution >= 0.6 is 0 Å². The number of allylic oxidation sites excluding steroid dienone is 8. The van der Waals surface area contributed by atoms with Crippen LogP contribution in [0.4, 0.5) is 0 Å². The van der Waals surface area contributed by atoms with Crippen molar-refractivity contribution < 1.29 is 39.6 Å². The maximum atomic E-state index is 13.4. The van der Waals surface area contributed by atoms with E-state index in [0.717, 1.165) is 128 Å². The van der Waals surface area contributed by atoms with Gasteiger partial charge in [-0.1, -0.05) is 307 Å². The monoisotopic (exact) mass is 1470 g/mol. The molecule has 0 rings (SSSR count). The number of carbonyl (C=O) groups is 4. The molecule has 0 heterocycles. The summed E-state index contributed by atoms with van der Waals surface area (Å²) >= 11 is 0. The van der Waals surface area contributed by atoms with E-state index in [9.17, 15) is 39.6 Å². The third-order valence-corrected chi connectivity index (χ3v) is 20.5. The summed E-state index contributed by atoms with van der Waals surface area (Å²) in [6, 6.07) is 0. The van der Waals surface area contributed by atoms with Crippen molar-refractivity contribution in [3.63, 3.8) is 0 Å². The number of hydrogen-bond acceptors (Lipinski definition) is 11. The standard InChI is InChI=1S/C89H171N7O8/c1-6-10-14-18-22-26-30-34-38-42-46-50-54-58-62-66-70-90-86(101)82(97)78-95(79-83(98)87(102)91-71-67-63-59-55-51-47-43-39-35-31-27-23-19-15-11-7-2)76-74-94(5)75-77-96(80-84(99)88(103)92-72-68-64-60-56-52-48-44-40-36-32-28-24-20-16-12-8-3)81-85(100)89(104)93-73-69-65-61-57-53-49-45-41-37-33-29-25-21-17-13-9-4/h34-41,82-85,97-100H,6-33,42-81H2,1-5H3,(H,90,101)(H,91,102)(H,92,103)(H,93,104)/b38-34-,39-35-,40-36-,41-37-. The zero-order valence-electron chi connectivity index (χ0n) is 68.8. The lowest BCUT2D eigenvalue weighted by Crippen LogP contribution is -2.51. The average molecular weight is 1470 g/mol. The molecule has 4 unspecified atom stereocenters. The van der Waals surface area contributed by atoms with Crippen molar-refractivity contribution in [2.45, 2.75) is 412 Å². The van der Waals surface area contributed by atoms with E-state index in [1.165, 1.54) is 231 Å². The van der Waals surface area contributed by atoms with Crippen molar-refractivity contribution in [1.82, 2.24) is 36.0 Å². The second-order valence-electron chi connectivity index (χ2n) is 30.8. The third kappa shape index (κ3) is 71.5. The third-order valence-electron chi connectivity index (χ3n) is 20.5. The minimum Gasteiger partial charge on any atom is -0.382 e. The Morgan fingerprint density at radius 1 is 0.240 bits per heavy atom. The largest absolute Gasteiger partial charge is 0.382 e. The van der Waals surface area contributed by atoms with Gasteiger partial charge in [0.15, 0.2) is 0 Å². The number of amides is 4. The maximum Gasteiger partial charge on any atom is 0.250 e. The first kappa shape index (κ1) is 101. The zero-order chi connectivity index (χ0) is 75.9. The number of aliphatic hydroxyl groups is 4. The van der Waals surface area contributed by atoms with Crippen LogP contribution in [0.3, 0.4) is 0 Å². The van der Waals surface area contributed by atoms with Gasteiger partial charge in [0.1, 0.15) is 24.4 Å². The van der Waals surface area contributed by atoms with E-state index in [2.05, 4.69) is 97.6 Å². The normalized spacial score (nSPS) is 13.3. The first-order valence-electron chi connectivity index (χ1n) is 44.5. The number of unbranched alkanes of at least 4 members (excludes halogenated alkanes) is 48. The van der Waals surface area contributed by atoms with E-state index in [0.29, 0.717) is 52.4 Å². The van der Waals surface area contributed by atoms with Crippen molar-refractivity contribution in [3.8, 4) is 0 Å². The Hall–Kier alpha value is -3.44. The van der Waals surface area contributed by atoms with Gasteiger partial charge in [0.25, 0.3) is 0 Å². The van der Waals surface area contributed by atoms with E-state index in [4.69, 9.17) is 0 Å². The smallest absolute Gasteiger partial charge is 0.250 e. The predicted octanol–water partition coefficient (Wildman–Crippen LogP) is 19.6. The summed E-state index contributed by atoms with van der Waals surface area (Å²) < 4.78 is 0. The van der Waals surface area contributed by atoms with Gasteiger partial charge in [-0.3, -0.25) is 29.0 Å². The summed E-state index contributed by atoms with van der Waals surface area (Å²) in [5, 5.41) is 56.9. The molecule has 0 aromatic carbocycles. The van der Waals surface area contributed by atoms with Gasteiger partial charge in [-0.25, -0.2) is 0 Å². The summed E-state index contributed by atoms with van der Waals surface area (Å²) in [6.07, 6.45) is 80.2. The number of likely N-dealkylation sites (N-methyl/N-ethyl adjacent to an activating group) is 1. The van der Waals surface area contributed by atoms with Crippen molar-refractivity contribution in [2.75, 3.05) is 85.6 Å². The predicted molar refractivity (Wildman–Crippen MR) is 444 cm³/mol. The minimum atomic E-state index is -1.38. The van der Waals surface area contributed by atoms with Crippen LogP contribution in [0.2, 0.25) is 0 Å². The van der Waals surface area contributed by atoms with Crippen LogP contribution in [-0.2, 0) is 19.2 Å². The number of hydrogen-bond donors (Lipinski definition) is 8. The van der Waals surface area contributed by atoms with Gasteiger partial charge in [0.05, 0.1) is 0 Å². The highest BCUT2D eigenvalue weighted by Crippen LogP contribution is 2.16. The quantitative estimate of drug-likeness (QED) is 0.0212. The second-order valence-corrected chi connectivity index (χ2v) is 30.8. The maximum absolute atomic E-state index is 13.4. The van der Waals surface area contributed by atoms with Crippen LogP contribution in [0.15, 0.2) is 48.6 Å². The first-order valence-corrected chi connectivity index (χ1v) is 44.5. The Bertz CT molecular complexity index is 1730. The number of nitrogens with zero attached hydrogens (tertiary/aromatic N) is 3. The lowest BCUT2D eigenvalue weighted by atomic mass is 10.1. The highest BCUT2D eigenvalue weighted by atomic mass is 16.3. The molecule has 4 amide bonds. The molecule has 15 heteroatoms. The van der Waals surface area contributed by atoms with E-state index >= 15 is 0 Å². The SMILES string of the molecule is CCCCCCCC/C=C\CCCCCCCCNC(=O)C(O)CN(CCN(C)CCN(CC(O)C(=O)NCCCCCCCC/C=C\CCCCCCCC)CC(O)C(=O)NCCCCCCCC/C=C\CCCCCCCC)CC(O)C(=O)NCCCCCCCC/C=C\CCCCCCCC. The Balaban J connectivity index is 5.62. The summed E-state index contributed by atoms with van der Waals surface area (Å²) in [6.45, 7) is 12.0. The van der Waals surface area contributed by atoms with Crippen LogP contribution in [0.25, 0.3) is 0 Å². The summed E-state index contributed by atoms with van der Waals surface area (Å²) in [4.78, 5) is 59.0. The summed E-state index contributed by atoms with van der Waals surface area (Å²) in [7, 11) is 1.91. The average Bonchev–Trinajstić information content (AvgIpc) is 0.912. The molecule has 0 bridgehead atoms. The van der Waals surface area contributed by atoms with E-state index in [-0.39, 0.29) is 26.2 Å². The summed E-state index contributed by atoms with van der Waals surface area (Å²) in [5.74, 6) is -1.94. The van der Waals surface area contributed by atoms with Crippen molar-refractivity contribution in [1.29, 1.82) is 0 Å². The molecule has 104 heavy (non-hydrogen) atoms. The Morgan fingerprint density at radius 2 is 0.394 bits per heavy atom. The molecular weight excluding hydrogens is 1300 g/mol. The first-order chi connectivity index (χ1) is 50.9. The molecule has 0 saturated heterocycles. The molecule has 0 radical (unpaired) electrons. The number of nitrogens with one attached hydrogen (secondary N) is 4. The van der Waals surface area contributed by atoms with E-state index in [1.54, 1.807) is 9.80 Å². The highest BCUT2D eigenvalue weighted by Gasteiger charge is 2.26. The molecule has 0 aliphatic rings. The molecule has 610 valence electrons. The van der Waals surface area contributed by atoms with Gasteiger partial charge < -0.3 is 46.6 Å². The molecule has 0 aromatic rings. The molecule has 0 aliphatic carbocycles. The molecule has 0 saturated carbocycles. The molecule has 0 fully saturated rings. The van der Waals surface area contributed by atoms with Crippen LogP contribution in [0, 0.1) is 0 Å². The number of aliphatic hydroxyl groups excluding tert-OH is 4. The van der Waals surface area contributed by atoms with Gasteiger partial charge >= 0.3 is 0 Å². The van der Waals surface area contributed by atoms with Gasteiger partial charge in [-0.05, 0) is 135 Å². The molecular formula is C89H171N7O8. The minimum absolute atomic E-state index is 0.0877. The fourth-order valence-electron chi connectivity index (χ4n) is 13.4. The topological polar surface area (TPSA) is 207 Å². The summed E-state index contributed by atoms with van der Waals surface area (Å²) in [5.41, 5.74) is 0. The molecule has 4 atom stereocenters. The highest BCUT2D eigenvalue weighted by molar-refractivity contribution is 5.82. The lowest BCUT2D eigenvalue weighted by Gasteiger charge is -2.31. The van der Waals surface area contributed by atoms with Gasteiger partial charge in [0.2, 0.25) is 23.6 Å².